The Kier molecular flexibility index (Phi) is 4.68. The number of halogens is 1. The summed E-state index contributed by atoms with van der Waals surface area (Å²) in [4.78, 5) is 0. The third kappa shape index (κ3) is 3.89. The molecule has 0 aliphatic heterocycles. The molecule has 0 aliphatic rings. The predicted molar refractivity (Wildman–Crippen MR) is 74.4 cm³/mol. The van der Waals surface area contributed by atoms with E-state index in [1.165, 1.54) is 11.6 Å². The van der Waals surface area contributed by atoms with Crippen LogP contribution in [0.1, 0.15) is 23.7 Å². The van der Waals surface area contributed by atoms with Crippen LogP contribution in [0.15, 0.2) is 30.5 Å². The lowest BCUT2D eigenvalue weighted by Gasteiger charge is -2.05. The highest BCUT2D eigenvalue weighted by Gasteiger charge is 2.04. The van der Waals surface area contributed by atoms with E-state index in [-0.39, 0.29) is 5.82 Å². The highest BCUT2D eigenvalue weighted by molar-refractivity contribution is 5.18. The normalized spacial score (nSPS) is 10.9. The lowest BCUT2D eigenvalue weighted by Crippen LogP contribution is -2.17. The van der Waals surface area contributed by atoms with Crippen molar-refractivity contribution in [1.82, 2.24) is 15.1 Å². The Morgan fingerprint density at radius 3 is 2.95 bits per heavy atom. The molecule has 4 heteroatoms. The minimum Gasteiger partial charge on any atom is -0.312 e. The maximum atomic E-state index is 13.0. The van der Waals surface area contributed by atoms with E-state index in [1.54, 1.807) is 12.1 Å². The van der Waals surface area contributed by atoms with Gasteiger partial charge in [-0.3, -0.25) is 4.68 Å². The Balaban J connectivity index is 1.80. The van der Waals surface area contributed by atoms with Crippen LogP contribution in [-0.2, 0) is 26.4 Å². The second-order valence-electron chi connectivity index (χ2n) is 4.68. The first kappa shape index (κ1) is 13.7. The highest BCUT2D eigenvalue weighted by atomic mass is 19.1. The highest BCUT2D eigenvalue weighted by Crippen LogP contribution is 2.07. The lowest BCUT2D eigenvalue weighted by molar-refractivity contribution is 0.622. The SMILES string of the molecule is CCc1nn(C)cc1CNCCc1cccc(F)c1. The van der Waals surface area contributed by atoms with Crippen molar-refractivity contribution in [2.24, 2.45) is 7.05 Å². The van der Waals surface area contributed by atoms with Crippen LogP contribution in [0.3, 0.4) is 0 Å². The van der Waals surface area contributed by atoms with Crippen LogP contribution in [-0.4, -0.2) is 16.3 Å². The number of nitrogens with zero attached hydrogens (tertiary/aromatic N) is 2. The summed E-state index contributed by atoms with van der Waals surface area (Å²) in [5.74, 6) is -0.168. The summed E-state index contributed by atoms with van der Waals surface area (Å²) in [7, 11) is 1.94. The Labute approximate surface area is 113 Å². The fraction of sp³-hybridized carbons (Fsp3) is 0.400. The topological polar surface area (TPSA) is 29.9 Å². The zero-order valence-electron chi connectivity index (χ0n) is 11.5. The Hall–Kier alpha value is -1.68. The van der Waals surface area contributed by atoms with Gasteiger partial charge in [-0.2, -0.15) is 5.10 Å². The smallest absolute Gasteiger partial charge is 0.123 e. The van der Waals surface area contributed by atoms with E-state index in [2.05, 4.69) is 17.3 Å². The molecule has 0 saturated heterocycles. The van der Waals surface area contributed by atoms with Gasteiger partial charge in [0.25, 0.3) is 0 Å². The molecule has 1 aromatic carbocycles. The minimum absolute atomic E-state index is 0.168. The van der Waals surface area contributed by atoms with Gasteiger partial charge in [0.15, 0.2) is 0 Å². The molecule has 1 N–H and O–H groups in total. The van der Waals surface area contributed by atoms with Crippen LogP contribution in [0.5, 0.6) is 0 Å². The molecular weight excluding hydrogens is 241 g/mol. The van der Waals surface area contributed by atoms with E-state index in [0.717, 1.165) is 37.2 Å². The monoisotopic (exact) mass is 261 g/mol. The third-order valence-electron chi connectivity index (χ3n) is 3.12. The van der Waals surface area contributed by atoms with Crippen molar-refractivity contribution in [3.63, 3.8) is 0 Å². The molecule has 0 amide bonds. The summed E-state index contributed by atoms with van der Waals surface area (Å²) in [6, 6.07) is 6.76. The second-order valence-corrected chi connectivity index (χ2v) is 4.68. The number of hydrogen-bond acceptors (Lipinski definition) is 2. The molecule has 0 unspecified atom stereocenters. The summed E-state index contributed by atoms with van der Waals surface area (Å²) in [5.41, 5.74) is 3.40. The summed E-state index contributed by atoms with van der Waals surface area (Å²) in [6.45, 7) is 3.76. The van der Waals surface area contributed by atoms with Crippen molar-refractivity contribution in [3.05, 3.63) is 53.1 Å². The number of hydrogen-bond donors (Lipinski definition) is 1. The zero-order chi connectivity index (χ0) is 13.7. The van der Waals surface area contributed by atoms with Crippen molar-refractivity contribution in [2.75, 3.05) is 6.54 Å². The Morgan fingerprint density at radius 1 is 1.37 bits per heavy atom. The maximum absolute atomic E-state index is 13.0. The molecule has 0 aliphatic carbocycles. The van der Waals surface area contributed by atoms with Crippen LogP contribution in [0.25, 0.3) is 0 Å². The standard InChI is InChI=1S/C15H20FN3/c1-3-15-13(11-19(2)18-15)10-17-8-7-12-5-4-6-14(16)9-12/h4-6,9,11,17H,3,7-8,10H2,1-2H3. The summed E-state index contributed by atoms with van der Waals surface area (Å²) in [6.07, 6.45) is 3.83. The van der Waals surface area contributed by atoms with Gasteiger partial charge in [-0.25, -0.2) is 4.39 Å². The van der Waals surface area contributed by atoms with E-state index < -0.39 is 0 Å². The molecule has 0 fully saturated rings. The van der Waals surface area contributed by atoms with Crippen LogP contribution in [0.4, 0.5) is 4.39 Å². The molecule has 3 nitrogen and oxygen atoms in total. The van der Waals surface area contributed by atoms with E-state index in [4.69, 9.17) is 0 Å². The van der Waals surface area contributed by atoms with Gasteiger partial charge in [0.05, 0.1) is 5.69 Å². The molecule has 0 bridgehead atoms. The molecule has 1 aromatic heterocycles. The first-order valence-electron chi connectivity index (χ1n) is 6.65. The Morgan fingerprint density at radius 2 is 2.21 bits per heavy atom. The average Bonchev–Trinajstić information content (AvgIpc) is 2.75. The second kappa shape index (κ2) is 6.48. The maximum Gasteiger partial charge on any atom is 0.123 e. The summed E-state index contributed by atoms with van der Waals surface area (Å²) >= 11 is 0. The van der Waals surface area contributed by atoms with Crippen LogP contribution in [0.2, 0.25) is 0 Å². The number of nitrogens with one attached hydrogen (secondary N) is 1. The molecule has 0 saturated carbocycles. The van der Waals surface area contributed by atoms with E-state index in [0.29, 0.717) is 0 Å². The van der Waals surface area contributed by atoms with Gasteiger partial charge in [-0.15, -0.1) is 0 Å². The first-order chi connectivity index (χ1) is 9.19. The molecule has 0 spiro atoms. The molecule has 2 rings (SSSR count). The van der Waals surface area contributed by atoms with Crippen molar-refractivity contribution in [1.29, 1.82) is 0 Å². The summed E-state index contributed by atoms with van der Waals surface area (Å²) < 4.78 is 14.9. The van der Waals surface area contributed by atoms with E-state index in [9.17, 15) is 4.39 Å². The number of rotatable bonds is 6. The fourth-order valence-corrected chi connectivity index (χ4v) is 2.18. The molecule has 2 aromatic rings. The minimum atomic E-state index is -0.168. The van der Waals surface area contributed by atoms with E-state index >= 15 is 0 Å². The van der Waals surface area contributed by atoms with Crippen molar-refractivity contribution in [2.45, 2.75) is 26.3 Å². The van der Waals surface area contributed by atoms with Gasteiger partial charge in [-0.1, -0.05) is 19.1 Å². The largest absolute Gasteiger partial charge is 0.312 e. The molecule has 19 heavy (non-hydrogen) atoms. The van der Waals surface area contributed by atoms with Gasteiger partial charge in [0.2, 0.25) is 0 Å². The van der Waals surface area contributed by atoms with Gasteiger partial charge < -0.3 is 5.32 Å². The number of benzene rings is 1. The predicted octanol–water partition coefficient (Wildman–Crippen LogP) is 2.45. The van der Waals surface area contributed by atoms with Crippen LogP contribution in [0, 0.1) is 5.82 Å². The molecular formula is C15H20FN3. The van der Waals surface area contributed by atoms with Crippen molar-refractivity contribution < 1.29 is 4.39 Å². The third-order valence-corrected chi connectivity index (χ3v) is 3.12. The number of aromatic nitrogens is 2. The summed E-state index contributed by atoms with van der Waals surface area (Å²) in [5, 5.41) is 7.79. The van der Waals surface area contributed by atoms with Crippen molar-refractivity contribution in [3.8, 4) is 0 Å². The first-order valence-corrected chi connectivity index (χ1v) is 6.65. The van der Waals surface area contributed by atoms with Gasteiger partial charge >= 0.3 is 0 Å². The van der Waals surface area contributed by atoms with Crippen LogP contribution < -0.4 is 5.32 Å². The molecule has 0 radical (unpaired) electrons. The zero-order valence-corrected chi connectivity index (χ0v) is 11.5. The Bertz CT molecular complexity index is 534. The molecule has 0 atom stereocenters. The molecule has 1 heterocycles. The lowest BCUT2D eigenvalue weighted by atomic mass is 10.1. The van der Waals surface area contributed by atoms with E-state index in [1.807, 2.05) is 24.0 Å². The van der Waals surface area contributed by atoms with Crippen molar-refractivity contribution >= 4 is 0 Å². The molecule has 102 valence electrons. The van der Waals surface area contributed by atoms with Crippen LogP contribution >= 0.6 is 0 Å². The number of aryl methyl sites for hydroxylation is 2. The van der Waals surface area contributed by atoms with Gasteiger partial charge in [-0.05, 0) is 37.1 Å². The van der Waals surface area contributed by atoms with Gasteiger partial charge in [0, 0.05) is 25.4 Å². The van der Waals surface area contributed by atoms with Gasteiger partial charge in [0.1, 0.15) is 5.82 Å². The average molecular weight is 261 g/mol. The fourth-order valence-electron chi connectivity index (χ4n) is 2.18. The quantitative estimate of drug-likeness (QED) is 0.810.